The van der Waals surface area contributed by atoms with Crippen molar-refractivity contribution in [1.82, 2.24) is 16.0 Å². The number of hydrogen-bond donors (Lipinski definition) is 12. The first kappa shape index (κ1) is 42.6. The molecule has 0 aliphatic carbocycles. The van der Waals surface area contributed by atoms with E-state index in [0.717, 1.165) is 6.07 Å². The van der Waals surface area contributed by atoms with E-state index in [4.69, 9.17) is 28.4 Å². The third kappa shape index (κ3) is 10.3. The summed E-state index contributed by atoms with van der Waals surface area (Å²) in [5, 5.41) is 97.3. The molecule has 0 saturated carbocycles. The molecule has 3 fully saturated rings. The van der Waals surface area contributed by atoms with Crippen molar-refractivity contribution in [1.29, 1.82) is 0 Å². The first-order valence-electron chi connectivity index (χ1n) is 17.4. The fourth-order valence-electron chi connectivity index (χ4n) is 5.92. The Bertz CT molecular complexity index is 1650. The zero-order chi connectivity index (χ0) is 41.0. The summed E-state index contributed by atoms with van der Waals surface area (Å²) in [5.74, 6) is -0.287. The van der Waals surface area contributed by atoms with Crippen LogP contribution in [0, 0.1) is 0 Å². The summed E-state index contributed by atoms with van der Waals surface area (Å²) in [6.07, 6.45) is -21.3. The van der Waals surface area contributed by atoms with Crippen LogP contribution in [0.5, 0.6) is 17.2 Å². The van der Waals surface area contributed by atoms with E-state index in [1.54, 1.807) is 18.2 Å². The minimum absolute atomic E-state index is 0.0914. The number of carbonyl (C=O) groups is 3. The Labute approximate surface area is 318 Å². The van der Waals surface area contributed by atoms with Gasteiger partial charge in [-0.05, 0) is 56.2 Å². The third-order valence-electron chi connectivity index (χ3n) is 9.22. The van der Waals surface area contributed by atoms with Gasteiger partial charge in [0.1, 0.15) is 72.2 Å². The van der Waals surface area contributed by atoms with Crippen molar-refractivity contribution in [3.63, 3.8) is 0 Å². The lowest BCUT2D eigenvalue weighted by Gasteiger charge is -2.39. The molecular weight excluding hydrogens is 750 g/mol. The van der Waals surface area contributed by atoms with E-state index in [1.807, 2.05) is 0 Å². The van der Waals surface area contributed by atoms with Gasteiger partial charge in [0.05, 0.1) is 18.3 Å². The summed E-state index contributed by atoms with van der Waals surface area (Å²) in [6.45, 7) is 4.29. The van der Waals surface area contributed by atoms with Crippen LogP contribution >= 0.6 is 0 Å². The molecule has 3 amide bonds. The topological polar surface area (TPSA) is 325 Å². The fourth-order valence-corrected chi connectivity index (χ4v) is 5.92. The van der Waals surface area contributed by atoms with Crippen LogP contribution in [0.15, 0.2) is 42.5 Å². The van der Waals surface area contributed by atoms with Gasteiger partial charge in [-0.2, -0.15) is 0 Å². The van der Waals surface area contributed by atoms with E-state index in [9.17, 15) is 60.3 Å². The van der Waals surface area contributed by atoms with Crippen LogP contribution in [0.2, 0.25) is 0 Å². The zero-order valence-corrected chi connectivity index (χ0v) is 30.1. The predicted molar refractivity (Wildman–Crippen MR) is 186 cm³/mol. The monoisotopic (exact) mass is 795 g/mol. The third-order valence-corrected chi connectivity index (χ3v) is 9.22. The summed E-state index contributed by atoms with van der Waals surface area (Å²) in [5.41, 5.74) is 0.864. The van der Waals surface area contributed by atoms with Gasteiger partial charge in [0.25, 0.3) is 0 Å². The van der Waals surface area contributed by atoms with E-state index < -0.39 is 110 Å². The molecule has 12 N–H and O–H groups in total. The molecule has 3 aliphatic heterocycles. The number of rotatable bonds is 8. The first-order chi connectivity index (χ1) is 26.4. The van der Waals surface area contributed by atoms with Crippen LogP contribution in [0.25, 0.3) is 12.2 Å². The summed E-state index contributed by atoms with van der Waals surface area (Å²) in [4.78, 5) is 38.1. The van der Waals surface area contributed by atoms with Crippen LogP contribution in [0.3, 0.4) is 0 Å². The Kier molecular flexibility index (Phi) is 13.9. The van der Waals surface area contributed by atoms with E-state index in [0.29, 0.717) is 11.1 Å². The van der Waals surface area contributed by atoms with Crippen molar-refractivity contribution in [3.8, 4) is 17.2 Å². The van der Waals surface area contributed by atoms with E-state index in [-0.39, 0.29) is 17.2 Å². The molecule has 3 unspecified atom stereocenters. The van der Waals surface area contributed by atoms with Gasteiger partial charge in [-0.25, -0.2) is 14.4 Å². The second-order valence-corrected chi connectivity index (χ2v) is 13.4. The average molecular weight is 796 g/mol. The van der Waals surface area contributed by atoms with E-state index >= 15 is 0 Å². The van der Waals surface area contributed by atoms with Gasteiger partial charge in [0.2, 0.25) is 0 Å². The molecule has 2 aromatic carbocycles. The Morgan fingerprint density at radius 1 is 0.464 bits per heavy atom. The molecule has 3 saturated heterocycles. The van der Waals surface area contributed by atoms with Gasteiger partial charge in [-0.15, -0.1) is 0 Å². The van der Waals surface area contributed by atoms with E-state index in [2.05, 4.69) is 16.0 Å². The number of aliphatic hydroxyl groups excluding tert-OH is 9. The Morgan fingerprint density at radius 3 is 1.14 bits per heavy atom. The highest BCUT2D eigenvalue weighted by atomic mass is 16.6. The summed E-state index contributed by atoms with van der Waals surface area (Å²) in [6, 6.07) is 9.90. The van der Waals surface area contributed by atoms with Crippen molar-refractivity contribution >= 4 is 30.4 Å². The molecular formula is C35H45N3O18. The molecule has 5 rings (SSSR count). The van der Waals surface area contributed by atoms with Crippen LogP contribution in [0.4, 0.5) is 14.4 Å². The SMILES string of the molecule is C[C@H]1OC(NC(=O)Oc2ccc(/C=C/c3cc(OC(=O)NC4O[C@H](C)[C@H](O)[C@H](O)[C@H]4O)cc(OC(=O)NC4O[C@H](C)[C@H](O)[C@H](O)[C@H]4O)c3)cc2)[C@H](O)[C@@H](O)[C@H]1O. The fraction of sp³-hybridized carbons (Fsp3) is 0.514. The minimum atomic E-state index is -1.71. The van der Waals surface area contributed by atoms with E-state index in [1.165, 1.54) is 51.1 Å². The molecule has 0 bridgehead atoms. The Hall–Kier alpha value is -4.49. The standard InChI is InChI=1S/C35H45N3O18/c1-13-21(39)24(42)27(45)30(51-13)36-33(48)54-18-8-6-16(7-9-18)4-5-17-10-19(55-34(49)37-31-28(46)25(43)22(40)14(2)52-31)12-20(11-17)56-35(50)38-32-29(47)26(44)23(41)15(3)53-32/h4-15,21-32,39-47H,1-3H3,(H,36,48)(H,37,49)(H,38,50)/b5-4+/t13-,14-,15-,21+,22+,23+,24+,25+,26+,27-,28-,29-,30?,31?,32?/m1/s1. The predicted octanol–water partition coefficient (Wildman–Crippen LogP) is -2.40. The highest BCUT2D eigenvalue weighted by molar-refractivity contribution is 5.76. The number of amides is 3. The van der Waals surface area contributed by atoms with Gasteiger partial charge in [-0.3, -0.25) is 16.0 Å². The maximum Gasteiger partial charge on any atom is 0.414 e. The van der Waals surface area contributed by atoms with Gasteiger partial charge in [-0.1, -0.05) is 24.3 Å². The smallest absolute Gasteiger partial charge is 0.410 e. The van der Waals surface area contributed by atoms with Crippen molar-refractivity contribution in [3.05, 3.63) is 53.6 Å². The number of hydrogen-bond acceptors (Lipinski definition) is 18. The van der Waals surface area contributed by atoms with Gasteiger partial charge in [0, 0.05) is 6.07 Å². The maximum absolute atomic E-state index is 12.8. The van der Waals surface area contributed by atoms with Crippen molar-refractivity contribution in [2.45, 2.75) is 113 Å². The Morgan fingerprint density at radius 2 is 0.786 bits per heavy atom. The second kappa shape index (κ2) is 18.2. The summed E-state index contributed by atoms with van der Waals surface area (Å²) < 4.78 is 32.0. The Balaban J connectivity index is 1.27. The maximum atomic E-state index is 12.8. The molecule has 56 heavy (non-hydrogen) atoms. The quantitative estimate of drug-likeness (QED) is 0.124. The van der Waals surface area contributed by atoms with Crippen molar-refractivity contribution in [2.24, 2.45) is 0 Å². The lowest BCUT2D eigenvalue weighted by Crippen LogP contribution is -2.62. The average Bonchev–Trinajstić information content (AvgIpc) is 3.15. The van der Waals surface area contributed by atoms with Gasteiger partial charge >= 0.3 is 18.3 Å². The molecule has 21 heteroatoms. The first-order valence-corrected chi connectivity index (χ1v) is 17.4. The molecule has 0 spiro atoms. The lowest BCUT2D eigenvalue weighted by molar-refractivity contribution is -0.222. The number of ether oxygens (including phenoxy) is 6. The second-order valence-electron chi connectivity index (χ2n) is 13.4. The number of aliphatic hydroxyl groups is 9. The molecule has 0 aromatic heterocycles. The molecule has 0 radical (unpaired) electrons. The summed E-state index contributed by atoms with van der Waals surface area (Å²) >= 11 is 0. The van der Waals surface area contributed by atoms with Crippen LogP contribution in [0.1, 0.15) is 31.9 Å². The summed E-state index contributed by atoms with van der Waals surface area (Å²) in [7, 11) is 0. The molecule has 15 atom stereocenters. The van der Waals surface area contributed by atoms with Crippen LogP contribution in [-0.4, -0.2) is 156 Å². The van der Waals surface area contributed by atoms with Gasteiger partial charge < -0.3 is 74.4 Å². The molecule has 3 heterocycles. The number of nitrogens with one attached hydrogen (secondary N) is 3. The van der Waals surface area contributed by atoms with Crippen molar-refractivity contribution in [2.75, 3.05) is 0 Å². The molecule has 21 nitrogen and oxygen atoms in total. The van der Waals surface area contributed by atoms with Crippen molar-refractivity contribution < 1.29 is 88.8 Å². The van der Waals surface area contributed by atoms with Gasteiger partial charge in [0.15, 0.2) is 18.7 Å². The highest BCUT2D eigenvalue weighted by Gasteiger charge is 2.45. The molecule has 308 valence electrons. The normalized spacial score (nSPS) is 36.0. The van der Waals surface area contributed by atoms with Crippen LogP contribution < -0.4 is 30.2 Å². The number of benzene rings is 2. The molecule has 3 aliphatic rings. The highest BCUT2D eigenvalue weighted by Crippen LogP contribution is 2.27. The lowest BCUT2D eigenvalue weighted by atomic mass is 9.99. The zero-order valence-electron chi connectivity index (χ0n) is 30.1. The molecule has 2 aromatic rings. The largest absolute Gasteiger partial charge is 0.414 e. The number of carbonyl (C=O) groups excluding carboxylic acids is 3. The minimum Gasteiger partial charge on any atom is -0.410 e. The van der Waals surface area contributed by atoms with Crippen LogP contribution in [-0.2, 0) is 14.2 Å².